The molecule has 2 aromatic rings. The van der Waals surface area contributed by atoms with Crippen molar-refractivity contribution in [2.24, 2.45) is 5.73 Å². The zero-order valence-corrected chi connectivity index (χ0v) is 13.8. The van der Waals surface area contributed by atoms with Crippen molar-refractivity contribution in [3.8, 4) is 5.69 Å². The van der Waals surface area contributed by atoms with Crippen LogP contribution in [0, 0.1) is 0 Å². The predicted octanol–water partition coefficient (Wildman–Crippen LogP) is 2.54. The molecule has 5 nitrogen and oxygen atoms in total. The number of rotatable bonds is 6. The number of para-hydroxylation sites is 1. The molecule has 0 fully saturated rings. The van der Waals surface area contributed by atoms with Crippen molar-refractivity contribution in [1.29, 1.82) is 0 Å². The quantitative estimate of drug-likeness (QED) is 0.858. The average molecular weight is 323 g/mol. The molecule has 1 aromatic carbocycles. The summed E-state index contributed by atoms with van der Waals surface area (Å²) in [5.41, 5.74) is 6.78. The van der Waals surface area contributed by atoms with E-state index in [1.54, 1.807) is 16.9 Å². The number of nitrogens with one attached hydrogen (secondary N) is 1. The molecular weight excluding hydrogens is 300 g/mol. The minimum absolute atomic E-state index is 0. The summed E-state index contributed by atoms with van der Waals surface area (Å²) < 4.78 is 1.69. The number of amides is 1. The highest BCUT2D eigenvalue weighted by Crippen LogP contribution is 2.14. The van der Waals surface area contributed by atoms with Crippen LogP contribution < -0.4 is 11.1 Å². The van der Waals surface area contributed by atoms with Crippen LogP contribution in [0.5, 0.6) is 0 Å². The first-order chi connectivity index (χ1) is 10.1. The lowest BCUT2D eigenvalue weighted by molar-refractivity contribution is 0.0889. The van der Waals surface area contributed by atoms with Gasteiger partial charge in [0, 0.05) is 12.7 Å². The molecule has 0 aliphatic carbocycles. The van der Waals surface area contributed by atoms with Crippen molar-refractivity contribution in [2.45, 2.75) is 32.2 Å². The molecule has 1 heterocycles. The molecule has 0 bridgehead atoms. The Labute approximate surface area is 137 Å². The van der Waals surface area contributed by atoms with E-state index in [1.165, 1.54) is 0 Å². The van der Waals surface area contributed by atoms with Gasteiger partial charge in [0.15, 0.2) is 5.69 Å². The van der Waals surface area contributed by atoms with E-state index in [-0.39, 0.29) is 23.9 Å². The van der Waals surface area contributed by atoms with E-state index in [0.29, 0.717) is 12.2 Å². The Balaban J connectivity index is 0.00000242. The van der Waals surface area contributed by atoms with E-state index in [0.717, 1.165) is 18.5 Å². The van der Waals surface area contributed by atoms with Crippen LogP contribution in [-0.4, -0.2) is 27.8 Å². The van der Waals surface area contributed by atoms with Gasteiger partial charge in [-0.25, -0.2) is 4.68 Å². The second-order valence-corrected chi connectivity index (χ2v) is 5.13. The molecule has 0 unspecified atom stereocenters. The van der Waals surface area contributed by atoms with E-state index in [4.69, 9.17) is 5.73 Å². The second-order valence-electron chi connectivity index (χ2n) is 5.13. The molecule has 6 heteroatoms. The third-order valence-corrected chi connectivity index (χ3v) is 3.97. The van der Waals surface area contributed by atoms with Gasteiger partial charge < -0.3 is 11.1 Å². The molecule has 0 saturated heterocycles. The number of halogens is 1. The van der Waals surface area contributed by atoms with E-state index < -0.39 is 0 Å². The molecule has 0 aliphatic rings. The van der Waals surface area contributed by atoms with Crippen molar-refractivity contribution in [3.63, 3.8) is 0 Å². The number of carbonyl (C=O) groups excluding carboxylic acids is 1. The van der Waals surface area contributed by atoms with Gasteiger partial charge in [-0.1, -0.05) is 32.0 Å². The molecule has 0 radical (unpaired) electrons. The van der Waals surface area contributed by atoms with Crippen LogP contribution in [-0.2, 0) is 0 Å². The van der Waals surface area contributed by atoms with E-state index >= 15 is 0 Å². The molecule has 120 valence electrons. The second kappa shape index (κ2) is 7.96. The van der Waals surface area contributed by atoms with Crippen LogP contribution in [0.15, 0.2) is 42.6 Å². The van der Waals surface area contributed by atoms with Crippen LogP contribution in [0.25, 0.3) is 5.69 Å². The lowest BCUT2D eigenvalue weighted by Crippen LogP contribution is -2.53. The first kappa shape index (κ1) is 18.2. The van der Waals surface area contributed by atoms with E-state index in [1.807, 2.05) is 44.2 Å². The number of aromatic nitrogens is 2. The van der Waals surface area contributed by atoms with Crippen molar-refractivity contribution in [2.75, 3.05) is 6.54 Å². The molecule has 0 spiro atoms. The zero-order valence-electron chi connectivity index (χ0n) is 13.0. The maximum Gasteiger partial charge on any atom is 0.272 e. The summed E-state index contributed by atoms with van der Waals surface area (Å²) in [4.78, 5) is 12.3. The standard InChI is InChI=1S/C16H22N4O.ClH/c1-3-16(4-2,12-17)18-15(21)14-10-11-20(19-14)13-8-6-5-7-9-13;/h5-11H,3-4,12,17H2,1-2H3,(H,18,21);1H. The Bertz CT molecular complexity index is 585. The zero-order chi connectivity index (χ0) is 15.3. The van der Waals surface area contributed by atoms with Gasteiger partial charge in [-0.2, -0.15) is 5.10 Å². The summed E-state index contributed by atoms with van der Waals surface area (Å²) in [5, 5.41) is 7.35. The number of carbonyl (C=O) groups is 1. The molecule has 3 N–H and O–H groups in total. The SMILES string of the molecule is CCC(CC)(CN)NC(=O)c1ccn(-c2ccccc2)n1.Cl. The summed E-state index contributed by atoms with van der Waals surface area (Å²) in [5.74, 6) is -0.182. The van der Waals surface area contributed by atoms with Crippen LogP contribution in [0.3, 0.4) is 0 Å². The molecule has 0 aliphatic heterocycles. The number of hydrogen-bond acceptors (Lipinski definition) is 3. The van der Waals surface area contributed by atoms with Crippen molar-refractivity contribution < 1.29 is 4.79 Å². The Morgan fingerprint density at radius 1 is 1.23 bits per heavy atom. The van der Waals surface area contributed by atoms with Gasteiger partial charge in [0.1, 0.15) is 0 Å². The highest BCUT2D eigenvalue weighted by atomic mass is 35.5. The summed E-state index contributed by atoms with van der Waals surface area (Å²) in [6.45, 7) is 4.48. The number of nitrogens with zero attached hydrogens (tertiary/aromatic N) is 2. The minimum Gasteiger partial charge on any atom is -0.344 e. The third kappa shape index (κ3) is 3.87. The maximum atomic E-state index is 12.3. The van der Waals surface area contributed by atoms with Gasteiger partial charge in [-0.15, -0.1) is 12.4 Å². The van der Waals surface area contributed by atoms with Gasteiger partial charge >= 0.3 is 0 Å². The van der Waals surface area contributed by atoms with Crippen LogP contribution in [0.4, 0.5) is 0 Å². The molecule has 1 amide bonds. The Morgan fingerprint density at radius 2 is 1.86 bits per heavy atom. The van der Waals surface area contributed by atoms with E-state index in [2.05, 4.69) is 10.4 Å². The monoisotopic (exact) mass is 322 g/mol. The largest absolute Gasteiger partial charge is 0.344 e. The third-order valence-electron chi connectivity index (χ3n) is 3.97. The first-order valence-electron chi connectivity index (χ1n) is 7.28. The highest BCUT2D eigenvalue weighted by molar-refractivity contribution is 5.92. The summed E-state index contributed by atoms with van der Waals surface area (Å²) in [6.07, 6.45) is 3.38. The molecule has 0 atom stereocenters. The van der Waals surface area contributed by atoms with Crippen LogP contribution in [0.1, 0.15) is 37.2 Å². The predicted molar refractivity (Wildman–Crippen MR) is 90.6 cm³/mol. The lowest BCUT2D eigenvalue weighted by Gasteiger charge is -2.31. The molecule has 2 rings (SSSR count). The maximum absolute atomic E-state index is 12.3. The normalized spacial score (nSPS) is 10.9. The average Bonchev–Trinajstić information content (AvgIpc) is 3.04. The smallest absolute Gasteiger partial charge is 0.272 e. The van der Waals surface area contributed by atoms with Crippen molar-refractivity contribution >= 4 is 18.3 Å². The molecular formula is C16H23ClN4O. The van der Waals surface area contributed by atoms with Gasteiger partial charge in [0.2, 0.25) is 0 Å². The Morgan fingerprint density at radius 3 is 2.41 bits per heavy atom. The lowest BCUT2D eigenvalue weighted by atomic mass is 9.93. The fraction of sp³-hybridized carbons (Fsp3) is 0.375. The Kier molecular flexibility index (Phi) is 6.59. The number of benzene rings is 1. The molecule has 0 saturated carbocycles. The first-order valence-corrected chi connectivity index (χ1v) is 7.28. The Hall–Kier alpha value is -1.85. The summed E-state index contributed by atoms with van der Waals surface area (Å²) in [7, 11) is 0. The fourth-order valence-electron chi connectivity index (χ4n) is 2.24. The summed E-state index contributed by atoms with van der Waals surface area (Å²) in [6, 6.07) is 11.4. The minimum atomic E-state index is -0.354. The molecule has 1 aromatic heterocycles. The van der Waals surface area contributed by atoms with Gasteiger partial charge in [-0.05, 0) is 31.0 Å². The van der Waals surface area contributed by atoms with Crippen molar-refractivity contribution in [1.82, 2.24) is 15.1 Å². The van der Waals surface area contributed by atoms with E-state index in [9.17, 15) is 4.79 Å². The van der Waals surface area contributed by atoms with Gasteiger partial charge in [-0.3, -0.25) is 4.79 Å². The van der Waals surface area contributed by atoms with Crippen molar-refractivity contribution in [3.05, 3.63) is 48.3 Å². The number of nitrogens with two attached hydrogens (primary N) is 1. The van der Waals surface area contributed by atoms with Crippen LogP contribution >= 0.6 is 12.4 Å². The fourth-order valence-corrected chi connectivity index (χ4v) is 2.24. The van der Waals surface area contributed by atoms with Crippen LogP contribution in [0.2, 0.25) is 0 Å². The number of hydrogen-bond donors (Lipinski definition) is 2. The topological polar surface area (TPSA) is 72.9 Å². The van der Waals surface area contributed by atoms with Gasteiger partial charge in [0.05, 0.1) is 11.2 Å². The highest BCUT2D eigenvalue weighted by Gasteiger charge is 2.27. The molecule has 22 heavy (non-hydrogen) atoms. The summed E-state index contributed by atoms with van der Waals surface area (Å²) >= 11 is 0. The van der Waals surface area contributed by atoms with Gasteiger partial charge in [0.25, 0.3) is 5.91 Å².